The van der Waals surface area contributed by atoms with Crippen LogP contribution in [-0.2, 0) is 10.2 Å². The lowest BCUT2D eigenvalue weighted by Gasteiger charge is -2.39. The SMILES string of the molecule is Cl.O=C(N1CCCC1)C1(c2ccccc2)CCNCC1. The molecule has 0 saturated carbocycles. The summed E-state index contributed by atoms with van der Waals surface area (Å²) in [6.45, 7) is 3.77. The molecule has 2 aliphatic rings. The second-order valence-electron chi connectivity index (χ2n) is 5.70. The van der Waals surface area contributed by atoms with Gasteiger partial charge in [-0.1, -0.05) is 30.3 Å². The molecule has 0 radical (unpaired) electrons. The van der Waals surface area contributed by atoms with Crippen LogP contribution in [0.25, 0.3) is 0 Å². The van der Waals surface area contributed by atoms with Gasteiger partial charge in [-0.05, 0) is 44.3 Å². The third kappa shape index (κ3) is 2.70. The van der Waals surface area contributed by atoms with Crippen LogP contribution in [0, 0.1) is 0 Å². The zero-order chi connectivity index (χ0) is 13.1. The standard InChI is InChI=1S/C16H22N2O.ClH/c19-15(18-12-4-5-13-18)16(8-10-17-11-9-16)14-6-2-1-3-7-14;/h1-3,6-7,17H,4-5,8-13H2;1H. The summed E-state index contributed by atoms with van der Waals surface area (Å²) in [5.41, 5.74) is 0.921. The highest BCUT2D eigenvalue weighted by atomic mass is 35.5. The number of amides is 1. The molecular formula is C16H23ClN2O. The fourth-order valence-corrected chi connectivity index (χ4v) is 3.46. The van der Waals surface area contributed by atoms with Gasteiger partial charge in [-0.3, -0.25) is 4.79 Å². The first-order valence-corrected chi connectivity index (χ1v) is 7.39. The fraction of sp³-hybridized carbons (Fsp3) is 0.562. The van der Waals surface area contributed by atoms with Crippen molar-refractivity contribution in [1.82, 2.24) is 10.2 Å². The minimum Gasteiger partial charge on any atom is -0.342 e. The van der Waals surface area contributed by atoms with Crippen molar-refractivity contribution in [1.29, 1.82) is 0 Å². The van der Waals surface area contributed by atoms with Crippen molar-refractivity contribution >= 4 is 18.3 Å². The van der Waals surface area contributed by atoms with Gasteiger partial charge < -0.3 is 10.2 Å². The summed E-state index contributed by atoms with van der Waals surface area (Å²) in [7, 11) is 0. The van der Waals surface area contributed by atoms with Gasteiger partial charge in [0.15, 0.2) is 0 Å². The first-order chi connectivity index (χ1) is 9.33. The molecule has 0 spiro atoms. The Balaban J connectivity index is 0.00000147. The van der Waals surface area contributed by atoms with Gasteiger partial charge >= 0.3 is 0 Å². The Bertz CT molecular complexity index is 437. The van der Waals surface area contributed by atoms with Crippen LogP contribution in [0.1, 0.15) is 31.2 Å². The van der Waals surface area contributed by atoms with Gasteiger partial charge in [-0.2, -0.15) is 0 Å². The largest absolute Gasteiger partial charge is 0.342 e. The Morgan fingerprint density at radius 1 is 1.05 bits per heavy atom. The Kier molecular flexibility index (Phi) is 5.06. The lowest BCUT2D eigenvalue weighted by Crippen LogP contribution is -2.51. The molecule has 110 valence electrons. The van der Waals surface area contributed by atoms with Crippen molar-refractivity contribution < 1.29 is 4.79 Å². The van der Waals surface area contributed by atoms with E-state index in [2.05, 4.69) is 34.5 Å². The first-order valence-electron chi connectivity index (χ1n) is 7.39. The van der Waals surface area contributed by atoms with E-state index in [4.69, 9.17) is 0 Å². The smallest absolute Gasteiger partial charge is 0.233 e. The van der Waals surface area contributed by atoms with Crippen LogP contribution < -0.4 is 5.32 Å². The Morgan fingerprint density at radius 2 is 1.65 bits per heavy atom. The highest BCUT2D eigenvalue weighted by Gasteiger charge is 2.43. The first kappa shape index (κ1) is 15.3. The number of rotatable bonds is 2. The maximum absolute atomic E-state index is 13.0. The predicted molar refractivity (Wildman–Crippen MR) is 83.3 cm³/mol. The van der Waals surface area contributed by atoms with E-state index in [1.807, 2.05) is 6.07 Å². The third-order valence-corrected chi connectivity index (χ3v) is 4.59. The Labute approximate surface area is 127 Å². The number of benzene rings is 1. The second-order valence-corrected chi connectivity index (χ2v) is 5.70. The molecule has 1 N–H and O–H groups in total. The van der Waals surface area contributed by atoms with Gasteiger partial charge in [0.1, 0.15) is 0 Å². The Morgan fingerprint density at radius 3 is 2.25 bits per heavy atom. The molecule has 0 atom stereocenters. The van der Waals surface area contributed by atoms with E-state index in [9.17, 15) is 4.79 Å². The van der Waals surface area contributed by atoms with Gasteiger partial charge in [-0.15, -0.1) is 12.4 Å². The van der Waals surface area contributed by atoms with Crippen LogP contribution in [0.5, 0.6) is 0 Å². The summed E-state index contributed by atoms with van der Waals surface area (Å²) in [6.07, 6.45) is 4.17. The van der Waals surface area contributed by atoms with E-state index < -0.39 is 0 Å². The molecule has 1 aromatic rings. The van der Waals surface area contributed by atoms with Crippen molar-refractivity contribution in [3.8, 4) is 0 Å². The number of hydrogen-bond acceptors (Lipinski definition) is 2. The van der Waals surface area contributed by atoms with Gasteiger partial charge in [-0.25, -0.2) is 0 Å². The van der Waals surface area contributed by atoms with Gasteiger partial charge in [0.05, 0.1) is 5.41 Å². The second kappa shape index (κ2) is 6.59. The number of carbonyl (C=O) groups excluding carboxylic acids is 1. The third-order valence-electron chi connectivity index (χ3n) is 4.59. The summed E-state index contributed by atoms with van der Waals surface area (Å²) in [5, 5.41) is 3.38. The van der Waals surface area contributed by atoms with Crippen molar-refractivity contribution in [3.05, 3.63) is 35.9 Å². The summed E-state index contributed by atoms with van der Waals surface area (Å²) in [5.74, 6) is 0.359. The van der Waals surface area contributed by atoms with Crippen LogP contribution in [0.3, 0.4) is 0 Å². The quantitative estimate of drug-likeness (QED) is 0.908. The predicted octanol–water partition coefficient (Wildman–Crippen LogP) is 2.35. The maximum atomic E-state index is 13.0. The minimum absolute atomic E-state index is 0. The monoisotopic (exact) mass is 294 g/mol. The van der Waals surface area contributed by atoms with Crippen molar-refractivity contribution in [2.75, 3.05) is 26.2 Å². The minimum atomic E-state index is -0.281. The number of hydrogen-bond donors (Lipinski definition) is 1. The number of piperidine rings is 1. The van der Waals surface area contributed by atoms with Crippen LogP contribution in [0.15, 0.2) is 30.3 Å². The molecule has 0 aromatic heterocycles. The molecule has 0 bridgehead atoms. The van der Waals surface area contributed by atoms with E-state index in [0.717, 1.165) is 51.9 Å². The molecule has 0 unspecified atom stereocenters. The maximum Gasteiger partial charge on any atom is 0.233 e. The van der Waals surface area contributed by atoms with Gasteiger partial charge in [0.25, 0.3) is 0 Å². The van der Waals surface area contributed by atoms with Crippen LogP contribution in [0.4, 0.5) is 0 Å². The molecule has 1 aromatic carbocycles. The number of carbonyl (C=O) groups is 1. The number of nitrogens with zero attached hydrogens (tertiary/aromatic N) is 1. The molecule has 20 heavy (non-hydrogen) atoms. The number of nitrogens with one attached hydrogen (secondary N) is 1. The normalized spacial score (nSPS) is 21.3. The van der Waals surface area contributed by atoms with E-state index in [1.54, 1.807) is 0 Å². The van der Waals surface area contributed by atoms with Crippen molar-refractivity contribution in [2.24, 2.45) is 0 Å². The van der Waals surface area contributed by atoms with Gasteiger partial charge in [0, 0.05) is 13.1 Å². The van der Waals surface area contributed by atoms with E-state index in [0.29, 0.717) is 5.91 Å². The highest BCUT2D eigenvalue weighted by molar-refractivity contribution is 5.88. The molecule has 2 heterocycles. The van der Waals surface area contributed by atoms with Crippen LogP contribution >= 0.6 is 12.4 Å². The molecule has 4 heteroatoms. The molecule has 3 nitrogen and oxygen atoms in total. The molecule has 3 rings (SSSR count). The molecule has 1 amide bonds. The lowest BCUT2D eigenvalue weighted by atomic mass is 9.72. The van der Waals surface area contributed by atoms with E-state index >= 15 is 0 Å². The average molecular weight is 295 g/mol. The van der Waals surface area contributed by atoms with Gasteiger partial charge in [0.2, 0.25) is 5.91 Å². The lowest BCUT2D eigenvalue weighted by molar-refractivity contribution is -0.137. The summed E-state index contributed by atoms with van der Waals surface area (Å²) in [4.78, 5) is 15.1. The fourth-order valence-electron chi connectivity index (χ4n) is 3.46. The Hall–Kier alpha value is -1.06. The number of halogens is 1. The topological polar surface area (TPSA) is 32.3 Å². The average Bonchev–Trinajstić information content (AvgIpc) is 3.02. The molecule has 2 aliphatic heterocycles. The van der Waals surface area contributed by atoms with Crippen LogP contribution in [-0.4, -0.2) is 37.0 Å². The number of likely N-dealkylation sites (tertiary alicyclic amines) is 1. The molecule has 2 fully saturated rings. The summed E-state index contributed by atoms with van der Waals surface area (Å²) in [6, 6.07) is 10.4. The zero-order valence-corrected chi connectivity index (χ0v) is 12.6. The zero-order valence-electron chi connectivity index (χ0n) is 11.8. The highest BCUT2D eigenvalue weighted by Crippen LogP contribution is 2.36. The molecular weight excluding hydrogens is 272 g/mol. The van der Waals surface area contributed by atoms with Crippen molar-refractivity contribution in [2.45, 2.75) is 31.1 Å². The van der Waals surface area contributed by atoms with E-state index in [-0.39, 0.29) is 17.8 Å². The van der Waals surface area contributed by atoms with Crippen molar-refractivity contribution in [3.63, 3.8) is 0 Å². The van der Waals surface area contributed by atoms with Crippen LogP contribution in [0.2, 0.25) is 0 Å². The van der Waals surface area contributed by atoms with E-state index in [1.165, 1.54) is 5.56 Å². The molecule has 2 saturated heterocycles. The molecule has 0 aliphatic carbocycles. The summed E-state index contributed by atoms with van der Waals surface area (Å²) < 4.78 is 0. The summed E-state index contributed by atoms with van der Waals surface area (Å²) >= 11 is 0.